The number of hydrogen-bond acceptors (Lipinski definition) is 3. The van der Waals surface area contributed by atoms with E-state index >= 15 is 0 Å². The van der Waals surface area contributed by atoms with Gasteiger partial charge >= 0.3 is 0 Å². The summed E-state index contributed by atoms with van der Waals surface area (Å²) in [6.07, 6.45) is 2.25. The Balaban J connectivity index is 1.80. The fourth-order valence-corrected chi connectivity index (χ4v) is 3.56. The Morgan fingerprint density at radius 1 is 1.27 bits per heavy atom. The molecule has 0 aromatic heterocycles. The van der Waals surface area contributed by atoms with Gasteiger partial charge in [0.05, 0.1) is 18.7 Å². The van der Waals surface area contributed by atoms with E-state index < -0.39 is 11.7 Å². The molecule has 0 radical (unpaired) electrons. The highest BCUT2D eigenvalue weighted by molar-refractivity contribution is 6.31. The van der Waals surface area contributed by atoms with Gasteiger partial charge in [-0.05, 0) is 50.2 Å². The molecule has 1 saturated heterocycles. The quantitative estimate of drug-likeness (QED) is 0.826. The number of halogens is 2. The smallest absolute Gasteiger partial charge is 0.254 e. The molecule has 2 aromatic rings. The summed E-state index contributed by atoms with van der Waals surface area (Å²) in [7, 11) is 1.64. The second-order valence-electron chi connectivity index (χ2n) is 6.34. The minimum atomic E-state index is -0.582. The second-order valence-corrected chi connectivity index (χ2v) is 6.77. The first-order chi connectivity index (χ1) is 12.6. The maximum absolute atomic E-state index is 13.9. The number of hydrogen-bond donors (Lipinski definition) is 1. The van der Waals surface area contributed by atoms with Gasteiger partial charge in [0, 0.05) is 17.1 Å². The third kappa shape index (κ3) is 4.17. The number of likely N-dealkylation sites (tertiary alicyclic amines) is 1. The summed E-state index contributed by atoms with van der Waals surface area (Å²) in [6, 6.07) is 11.7. The van der Waals surface area contributed by atoms with Crippen molar-refractivity contribution in [2.75, 3.05) is 26.7 Å². The van der Waals surface area contributed by atoms with Crippen molar-refractivity contribution in [3.8, 4) is 5.75 Å². The molecule has 0 spiro atoms. The molecule has 0 aliphatic carbocycles. The van der Waals surface area contributed by atoms with Crippen molar-refractivity contribution in [2.45, 2.75) is 18.9 Å². The fourth-order valence-electron chi connectivity index (χ4n) is 3.39. The van der Waals surface area contributed by atoms with Crippen LogP contribution in [0, 0.1) is 5.82 Å². The first kappa shape index (κ1) is 18.7. The van der Waals surface area contributed by atoms with E-state index in [-0.39, 0.29) is 11.6 Å². The molecular weight excluding hydrogens is 355 g/mol. The molecule has 1 aliphatic rings. The minimum absolute atomic E-state index is 0.0279. The van der Waals surface area contributed by atoms with E-state index in [2.05, 4.69) is 10.2 Å². The Morgan fingerprint density at radius 3 is 2.73 bits per heavy atom. The van der Waals surface area contributed by atoms with Crippen LogP contribution in [0.1, 0.15) is 34.8 Å². The highest BCUT2D eigenvalue weighted by Gasteiger charge is 2.26. The summed E-state index contributed by atoms with van der Waals surface area (Å²) in [5, 5.41) is 3.19. The molecule has 0 bridgehead atoms. The van der Waals surface area contributed by atoms with Crippen LogP contribution in [0.2, 0.25) is 5.02 Å². The molecular formula is C20H22ClFN2O2. The van der Waals surface area contributed by atoms with Gasteiger partial charge in [-0.1, -0.05) is 29.8 Å². The lowest BCUT2D eigenvalue weighted by atomic mass is 10.0. The zero-order valence-corrected chi connectivity index (χ0v) is 15.4. The molecule has 0 unspecified atom stereocenters. The maximum Gasteiger partial charge on any atom is 0.254 e. The Labute approximate surface area is 157 Å². The average Bonchev–Trinajstić information content (AvgIpc) is 3.18. The number of nitrogens with one attached hydrogen (secondary N) is 1. The van der Waals surface area contributed by atoms with Crippen molar-refractivity contribution in [3.05, 3.63) is 64.4 Å². The van der Waals surface area contributed by atoms with Crippen molar-refractivity contribution in [3.63, 3.8) is 0 Å². The lowest BCUT2D eigenvalue weighted by Crippen LogP contribution is -2.37. The van der Waals surface area contributed by atoms with Gasteiger partial charge in [-0.25, -0.2) is 4.39 Å². The van der Waals surface area contributed by atoms with Crippen LogP contribution < -0.4 is 10.1 Å². The Morgan fingerprint density at radius 2 is 2.00 bits per heavy atom. The van der Waals surface area contributed by atoms with Crippen molar-refractivity contribution < 1.29 is 13.9 Å². The largest absolute Gasteiger partial charge is 0.496 e. The van der Waals surface area contributed by atoms with E-state index in [1.807, 2.05) is 24.3 Å². The lowest BCUT2D eigenvalue weighted by molar-refractivity contribution is 0.0933. The van der Waals surface area contributed by atoms with Crippen molar-refractivity contribution in [1.82, 2.24) is 10.2 Å². The van der Waals surface area contributed by atoms with Crippen LogP contribution in [0.15, 0.2) is 42.5 Å². The molecule has 0 saturated carbocycles. The summed E-state index contributed by atoms with van der Waals surface area (Å²) < 4.78 is 19.4. The highest BCUT2D eigenvalue weighted by atomic mass is 35.5. The Bertz CT molecular complexity index is 778. The van der Waals surface area contributed by atoms with Crippen LogP contribution >= 0.6 is 11.6 Å². The van der Waals surface area contributed by atoms with Crippen LogP contribution in [0.25, 0.3) is 0 Å². The van der Waals surface area contributed by atoms with Gasteiger partial charge in [-0.15, -0.1) is 0 Å². The van der Waals surface area contributed by atoms with Crippen LogP contribution in [0.5, 0.6) is 5.75 Å². The third-order valence-electron chi connectivity index (χ3n) is 4.71. The molecule has 1 N–H and O–H groups in total. The number of carbonyl (C=O) groups excluding carboxylic acids is 1. The van der Waals surface area contributed by atoms with Gasteiger partial charge in [0.15, 0.2) is 0 Å². The number of amides is 1. The van der Waals surface area contributed by atoms with Crippen LogP contribution in [-0.2, 0) is 0 Å². The SMILES string of the molecule is COc1ccccc1[C@@H](CNC(=O)c1cc(Cl)ccc1F)N1CCCC1. The molecule has 1 heterocycles. The molecule has 3 rings (SSSR count). The van der Waals surface area contributed by atoms with Gasteiger partial charge in [0.2, 0.25) is 0 Å². The molecule has 6 heteroatoms. The third-order valence-corrected chi connectivity index (χ3v) is 4.94. The monoisotopic (exact) mass is 376 g/mol. The second kappa shape index (κ2) is 8.52. The van der Waals surface area contributed by atoms with Gasteiger partial charge < -0.3 is 10.1 Å². The zero-order valence-electron chi connectivity index (χ0n) is 14.7. The van der Waals surface area contributed by atoms with E-state index in [4.69, 9.17) is 16.3 Å². The molecule has 1 aliphatic heterocycles. The van der Waals surface area contributed by atoms with Gasteiger partial charge in [-0.2, -0.15) is 0 Å². The van der Waals surface area contributed by atoms with E-state index in [1.54, 1.807) is 7.11 Å². The number of rotatable bonds is 6. The summed E-state index contributed by atoms with van der Waals surface area (Å²) in [6.45, 7) is 2.29. The van der Waals surface area contributed by atoms with Crippen LogP contribution in [0.3, 0.4) is 0 Å². The molecule has 4 nitrogen and oxygen atoms in total. The molecule has 1 atom stereocenters. The molecule has 1 fully saturated rings. The summed E-state index contributed by atoms with van der Waals surface area (Å²) in [5.41, 5.74) is 0.974. The summed E-state index contributed by atoms with van der Waals surface area (Å²) in [4.78, 5) is 14.8. The van der Waals surface area contributed by atoms with Crippen molar-refractivity contribution in [1.29, 1.82) is 0 Å². The normalized spacial score (nSPS) is 15.7. The number of carbonyl (C=O) groups is 1. The molecule has 138 valence electrons. The number of nitrogens with zero attached hydrogens (tertiary/aromatic N) is 1. The lowest BCUT2D eigenvalue weighted by Gasteiger charge is -2.29. The molecule has 2 aromatic carbocycles. The number of para-hydroxylation sites is 1. The van der Waals surface area contributed by atoms with Gasteiger partial charge in [0.25, 0.3) is 5.91 Å². The first-order valence-corrected chi connectivity index (χ1v) is 9.08. The minimum Gasteiger partial charge on any atom is -0.496 e. The Kier molecular flexibility index (Phi) is 6.12. The predicted molar refractivity (Wildman–Crippen MR) is 100 cm³/mol. The Hall–Kier alpha value is -2.11. The fraction of sp³-hybridized carbons (Fsp3) is 0.350. The number of ether oxygens (including phenoxy) is 1. The van der Waals surface area contributed by atoms with Crippen LogP contribution in [0.4, 0.5) is 4.39 Å². The van der Waals surface area contributed by atoms with Crippen molar-refractivity contribution in [2.24, 2.45) is 0 Å². The van der Waals surface area contributed by atoms with Crippen molar-refractivity contribution >= 4 is 17.5 Å². The maximum atomic E-state index is 13.9. The summed E-state index contributed by atoms with van der Waals surface area (Å²) >= 11 is 5.89. The average molecular weight is 377 g/mol. The zero-order chi connectivity index (χ0) is 18.5. The van der Waals surface area contributed by atoms with E-state index in [9.17, 15) is 9.18 Å². The molecule has 1 amide bonds. The predicted octanol–water partition coefficient (Wildman–Crippen LogP) is 4.05. The standard InChI is InChI=1S/C20H22ClFN2O2/c1-26-19-7-3-2-6-15(19)18(24-10-4-5-11-24)13-23-20(25)16-12-14(21)8-9-17(16)22/h2-3,6-9,12,18H,4-5,10-11,13H2,1H3,(H,23,25)/t18-/m1/s1. The topological polar surface area (TPSA) is 41.6 Å². The highest BCUT2D eigenvalue weighted by Crippen LogP contribution is 2.31. The van der Waals surface area contributed by atoms with E-state index in [1.165, 1.54) is 18.2 Å². The van der Waals surface area contributed by atoms with Gasteiger partial charge in [0.1, 0.15) is 11.6 Å². The van der Waals surface area contributed by atoms with Gasteiger partial charge in [-0.3, -0.25) is 9.69 Å². The number of benzene rings is 2. The van der Waals surface area contributed by atoms with E-state index in [0.717, 1.165) is 37.2 Å². The number of methoxy groups -OCH3 is 1. The first-order valence-electron chi connectivity index (χ1n) is 8.70. The summed E-state index contributed by atoms with van der Waals surface area (Å²) in [5.74, 6) is -0.265. The van der Waals surface area contributed by atoms with E-state index in [0.29, 0.717) is 11.6 Å². The molecule has 26 heavy (non-hydrogen) atoms. The van der Waals surface area contributed by atoms with Crippen LogP contribution in [-0.4, -0.2) is 37.6 Å².